The Morgan fingerprint density at radius 3 is 2.67 bits per heavy atom. The second-order valence-electron chi connectivity index (χ2n) is 3.04. The van der Waals surface area contributed by atoms with Crippen molar-refractivity contribution in [3.63, 3.8) is 0 Å². The van der Waals surface area contributed by atoms with E-state index in [0.717, 1.165) is 0 Å². The van der Waals surface area contributed by atoms with E-state index in [2.05, 4.69) is 0 Å². The molecule has 0 atom stereocenters. The fourth-order valence-corrected chi connectivity index (χ4v) is 1.14. The van der Waals surface area contributed by atoms with Gasteiger partial charge in [-0.1, -0.05) is 6.07 Å². The topological polar surface area (TPSA) is 35.2 Å². The van der Waals surface area contributed by atoms with Crippen molar-refractivity contribution >= 4 is 0 Å². The first kappa shape index (κ1) is 12.0. The first-order valence-corrected chi connectivity index (χ1v) is 4.46. The van der Waals surface area contributed by atoms with E-state index < -0.39 is 18.8 Å². The van der Waals surface area contributed by atoms with Crippen LogP contribution >= 0.6 is 0 Å². The number of rotatable bonds is 5. The molecular weight excluding hydrogens is 207 g/mol. The summed E-state index contributed by atoms with van der Waals surface area (Å²) in [6.45, 7) is -0.499. The van der Waals surface area contributed by atoms with E-state index in [4.69, 9.17) is 10.5 Å². The van der Waals surface area contributed by atoms with E-state index in [1.807, 2.05) is 0 Å². The van der Waals surface area contributed by atoms with Gasteiger partial charge < -0.3 is 10.5 Å². The van der Waals surface area contributed by atoms with Gasteiger partial charge in [-0.3, -0.25) is 0 Å². The van der Waals surface area contributed by atoms with E-state index in [1.54, 1.807) is 0 Å². The fraction of sp³-hybridized carbons (Fsp3) is 0.400. The monoisotopic (exact) mass is 219 g/mol. The van der Waals surface area contributed by atoms with Gasteiger partial charge in [0, 0.05) is 12.1 Å². The Hall–Kier alpha value is -1.07. The van der Waals surface area contributed by atoms with Crippen molar-refractivity contribution in [2.24, 2.45) is 5.73 Å². The van der Waals surface area contributed by atoms with Crippen LogP contribution in [0.1, 0.15) is 11.1 Å². The highest BCUT2D eigenvalue weighted by Gasteiger charge is 2.04. The zero-order valence-electron chi connectivity index (χ0n) is 8.05. The van der Waals surface area contributed by atoms with E-state index >= 15 is 0 Å². The smallest absolute Gasteiger partial charge is 0.261 e. The van der Waals surface area contributed by atoms with Gasteiger partial charge >= 0.3 is 0 Å². The predicted octanol–water partition coefficient (Wildman–Crippen LogP) is 2.07. The van der Waals surface area contributed by atoms with E-state index in [0.29, 0.717) is 11.1 Å². The summed E-state index contributed by atoms with van der Waals surface area (Å²) in [5.41, 5.74) is 6.29. The molecule has 2 nitrogen and oxygen atoms in total. The third-order valence-electron chi connectivity index (χ3n) is 1.84. The SMILES string of the molecule is NCc1cc(COCC(F)F)ccc1F. The molecule has 0 heterocycles. The van der Waals surface area contributed by atoms with Crippen LogP contribution in [-0.4, -0.2) is 13.0 Å². The van der Waals surface area contributed by atoms with E-state index in [1.165, 1.54) is 18.2 Å². The Kier molecular flexibility index (Phi) is 4.58. The number of ether oxygens (including phenoxy) is 1. The highest BCUT2D eigenvalue weighted by Crippen LogP contribution is 2.11. The summed E-state index contributed by atoms with van der Waals surface area (Å²) in [6.07, 6.45) is -2.49. The summed E-state index contributed by atoms with van der Waals surface area (Å²) in [7, 11) is 0. The summed E-state index contributed by atoms with van der Waals surface area (Å²) in [5.74, 6) is -0.393. The van der Waals surface area contributed by atoms with Crippen molar-refractivity contribution in [1.29, 1.82) is 0 Å². The molecule has 0 aliphatic rings. The number of hydrogen-bond acceptors (Lipinski definition) is 2. The molecule has 1 aromatic rings. The Morgan fingerprint density at radius 2 is 2.07 bits per heavy atom. The molecule has 0 fully saturated rings. The highest BCUT2D eigenvalue weighted by atomic mass is 19.3. The van der Waals surface area contributed by atoms with E-state index in [9.17, 15) is 13.2 Å². The van der Waals surface area contributed by atoms with Gasteiger partial charge in [-0.2, -0.15) is 0 Å². The van der Waals surface area contributed by atoms with Crippen molar-refractivity contribution in [3.8, 4) is 0 Å². The molecule has 1 aromatic carbocycles. The number of nitrogens with two attached hydrogens (primary N) is 1. The molecule has 84 valence electrons. The van der Waals surface area contributed by atoms with Gasteiger partial charge in [-0.05, 0) is 17.7 Å². The molecule has 0 spiro atoms. The second kappa shape index (κ2) is 5.72. The highest BCUT2D eigenvalue weighted by molar-refractivity contribution is 5.24. The van der Waals surface area contributed by atoms with E-state index in [-0.39, 0.29) is 13.2 Å². The molecule has 0 saturated heterocycles. The molecule has 5 heteroatoms. The van der Waals surface area contributed by atoms with Crippen LogP contribution in [0.15, 0.2) is 18.2 Å². The number of hydrogen-bond donors (Lipinski definition) is 1. The molecular formula is C10H12F3NO. The van der Waals surface area contributed by atoms with Gasteiger partial charge in [0.05, 0.1) is 6.61 Å². The number of alkyl halides is 2. The molecule has 0 unspecified atom stereocenters. The molecule has 0 radical (unpaired) electrons. The van der Waals surface area contributed by atoms with Crippen LogP contribution < -0.4 is 5.73 Å². The lowest BCUT2D eigenvalue weighted by atomic mass is 10.1. The molecule has 0 bridgehead atoms. The first-order valence-electron chi connectivity index (χ1n) is 4.46. The van der Waals surface area contributed by atoms with Gasteiger partial charge in [0.1, 0.15) is 12.4 Å². The van der Waals surface area contributed by atoms with Gasteiger partial charge in [0.15, 0.2) is 0 Å². The molecule has 0 aliphatic carbocycles. The quantitative estimate of drug-likeness (QED) is 0.822. The fourth-order valence-electron chi connectivity index (χ4n) is 1.14. The van der Waals surface area contributed by atoms with Crippen LogP contribution in [0.3, 0.4) is 0 Å². The minimum absolute atomic E-state index is 0.0393. The van der Waals surface area contributed by atoms with Gasteiger partial charge in [0.25, 0.3) is 6.43 Å². The maximum absolute atomic E-state index is 13.0. The number of benzene rings is 1. The van der Waals surface area contributed by atoms with Crippen molar-refractivity contribution in [2.75, 3.05) is 6.61 Å². The Labute approximate surface area is 85.8 Å². The van der Waals surface area contributed by atoms with Gasteiger partial charge in [0.2, 0.25) is 0 Å². The summed E-state index contributed by atoms with van der Waals surface area (Å²) in [6, 6.07) is 4.25. The maximum Gasteiger partial charge on any atom is 0.261 e. The molecule has 0 aromatic heterocycles. The zero-order valence-corrected chi connectivity index (χ0v) is 8.05. The first-order chi connectivity index (χ1) is 7.13. The third kappa shape index (κ3) is 3.89. The largest absolute Gasteiger partial charge is 0.371 e. The van der Waals surface area contributed by atoms with Crippen molar-refractivity contribution < 1.29 is 17.9 Å². The summed E-state index contributed by atoms with van der Waals surface area (Å²) in [5, 5.41) is 0. The van der Waals surface area contributed by atoms with Crippen LogP contribution in [0.4, 0.5) is 13.2 Å². The lowest BCUT2D eigenvalue weighted by Crippen LogP contribution is -2.05. The summed E-state index contributed by atoms with van der Waals surface area (Å²) < 4.78 is 41.2. The van der Waals surface area contributed by atoms with Gasteiger partial charge in [-0.15, -0.1) is 0 Å². The van der Waals surface area contributed by atoms with Crippen LogP contribution in [0.2, 0.25) is 0 Å². The lowest BCUT2D eigenvalue weighted by Gasteiger charge is -2.06. The number of halogens is 3. The molecule has 15 heavy (non-hydrogen) atoms. The van der Waals surface area contributed by atoms with Crippen LogP contribution in [0, 0.1) is 5.82 Å². The zero-order chi connectivity index (χ0) is 11.3. The van der Waals surface area contributed by atoms with Gasteiger partial charge in [-0.25, -0.2) is 13.2 Å². The maximum atomic E-state index is 13.0. The van der Waals surface area contributed by atoms with Crippen LogP contribution in [0.5, 0.6) is 0 Å². The van der Waals surface area contributed by atoms with Crippen molar-refractivity contribution in [3.05, 3.63) is 35.1 Å². The summed E-state index contributed by atoms with van der Waals surface area (Å²) >= 11 is 0. The Balaban J connectivity index is 2.54. The standard InChI is InChI=1S/C10H12F3NO/c11-9-2-1-7(3-8(9)4-14)5-15-6-10(12)13/h1-3,10H,4-6,14H2. The second-order valence-corrected chi connectivity index (χ2v) is 3.04. The summed E-state index contributed by atoms with van der Waals surface area (Å²) in [4.78, 5) is 0. The van der Waals surface area contributed by atoms with Crippen molar-refractivity contribution in [1.82, 2.24) is 0 Å². The average molecular weight is 219 g/mol. The lowest BCUT2D eigenvalue weighted by molar-refractivity contribution is 0.00984. The molecule has 1 rings (SSSR count). The minimum atomic E-state index is -2.49. The third-order valence-corrected chi connectivity index (χ3v) is 1.84. The molecule has 0 saturated carbocycles. The predicted molar refractivity (Wildman–Crippen MR) is 50.0 cm³/mol. The molecule has 0 aliphatic heterocycles. The average Bonchev–Trinajstić information content (AvgIpc) is 2.20. The van der Waals surface area contributed by atoms with Crippen LogP contribution in [0.25, 0.3) is 0 Å². The normalized spacial score (nSPS) is 11.0. The minimum Gasteiger partial charge on any atom is -0.371 e. The van der Waals surface area contributed by atoms with Crippen molar-refractivity contribution in [2.45, 2.75) is 19.6 Å². The Bertz CT molecular complexity index is 318. The molecule has 0 amide bonds. The Morgan fingerprint density at radius 1 is 1.33 bits per heavy atom. The van der Waals surface area contributed by atoms with Crippen LogP contribution in [-0.2, 0) is 17.9 Å². The molecule has 2 N–H and O–H groups in total.